The number of rotatable bonds is 15. The fourth-order valence-electron chi connectivity index (χ4n) is 11.6. The minimum Gasteiger partial charge on any atom is -0.511 e. The summed E-state index contributed by atoms with van der Waals surface area (Å²) in [6.07, 6.45) is 18.6. The third-order valence-corrected chi connectivity index (χ3v) is 14.8. The molecule has 7 rings (SSSR count). The van der Waals surface area contributed by atoms with E-state index in [4.69, 9.17) is 5.73 Å². The van der Waals surface area contributed by atoms with E-state index in [-0.39, 0.29) is 47.5 Å². The summed E-state index contributed by atoms with van der Waals surface area (Å²) in [5, 5.41) is 58.7. The van der Waals surface area contributed by atoms with E-state index in [2.05, 4.69) is 24.3 Å². The summed E-state index contributed by atoms with van der Waals surface area (Å²) in [6.45, 7) is 0.623. The molecule has 324 valence electrons. The molecule has 1 unspecified atom stereocenters. The molecule has 3 aromatic carbocycles. The van der Waals surface area contributed by atoms with Gasteiger partial charge in [0.25, 0.3) is 0 Å². The van der Waals surface area contributed by atoms with Gasteiger partial charge in [0.1, 0.15) is 24.1 Å². The third-order valence-electron chi connectivity index (χ3n) is 14.8. The highest BCUT2D eigenvalue weighted by atomic mass is 16.5. The number of fused-ring (bicyclic) bond motifs is 5. The summed E-state index contributed by atoms with van der Waals surface area (Å²) in [4.78, 5) is 38.1. The number of aldehydes is 2. The molecule has 0 amide bonds. The number of aromatic hydroxyl groups is 1. The van der Waals surface area contributed by atoms with Gasteiger partial charge in [0.15, 0.2) is 5.79 Å². The first kappa shape index (κ1) is 44.2. The van der Waals surface area contributed by atoms with Crippen LogP contribution in [0.1, 0.15) is 106 Å². The molecule has 9 atom stereocenters. The predicted molar refractivity (Wildman–Crippen MR) is 237 cm³/mol. The number of carboxylic acid groups (broad SMARTS) is 1. The van der Waals surface area contributed by atoms with Gasteiger partial charge in [-0.05, 0) is 128 Å². The number of unbranched alkanes of at least 4 members (excludes halogenated alkanes) is 2. The van der Waals surface area contributed by atoms with Gasteiger partial charge in [-0.3, -0.25) is 4.79 Å². The van der Waals surface area contributed by atoms with Crippen molar-refractivity contribution in [3.8, 4) is 5.75 Å². The van der Waals surface area contributed by atoms with Crippen molar-refractivity contribution < 1.29 is 39.9 Å². The first-order valence-electron chi connectivity index (χ1n) is 22.5. The summed E-state index contributed by atoms with van der Waals surface area (Å²) in [7, 11) is 0. The highest BCUT2D eigenvalue weighted by Gasteiger charge is 2.56. The number of phenols is 1. The van der Waals surface area contributed by atoms with Gasteiger partial charge in [-0.1, -0.05) is 110 Å². The third kappa shape index (κ3) is 9.64. The van der Waals surface area contributed by atoms with E-state index < -0.39 is 41.3 Å². The molecule has 2 bridgehead atoms. The van der Waals surface area contributed by atoms with E-state index in [0.717, 1.165) is 84.8 Å². The second-order valence-electron chi connectivity index (χ2n) is 18.4. The van der Waals surface area contributed by atoms with Crippen molar-refractivity contribution in [2.24, 2.45) is 47.2 Å². The number of aliphatic hydroxyl groups excluding tert-OH is 1. The lowest BCUT2D eigenvalue weighted by molar-refractivity contribution is -0.212. The van der Waals surface area contributed by atoms with Gasteiger partial charge < -0.3 is 40.9 Å². The van der Waals surface area contributed by atoms with Crippen LogP contribution in [0.5, 0.6) is 5.75 Å². The van der Waals surface area contributed by atoms with Crippen molar-refractivity contribution in [2.45, 2.75) is 107 Å². The van der Waals surface area contributed by atoms with Gasteiger partial charge in [-0.2, -0.15) is 0 Å². The monoisotopic (exact) mass is 829 g/mol. The second-order valence-corrected chi connectivity index (χ2v) is 18.4. The molecular formula is C52H63NO8. The molecule has 4 aliphatic carbocycles. The van der Waals surface area contributed by atoms with Gasteiger partial charge >= 0.3 is 5.97 Å². The molecule has 61 heavy (non-hydrogen) atoms. The van der Waals surface area contributed by atoms with Crippen molar-refractivity contribution in [1.82, 2.24) is 0 Å². The van der Waals surface area contributed by atoms with Crippen molar-refractivity contribution in [2.75, 3.05) is 6.54 Å². The smallest absolute Gasteiger partial charge is 0.308 e. The summed E-state index contributed by atoms with van der Waals surface area (Å²) in [5.41, 5.74) is 8.84. The first-order chi connectivity index (χ1) is 29.5. The molecule has 0 heterocycles. The normalized spacial score (nSPS) is 28.0. The number of allylic oxidation sites excluding steroid dienone is 2. The van der Waals surface area contributed by atoms with E-state index in [0.29, 0.717) is 38.5 Å². The van der Waals surface area contributed by atoms with Crippen LogP contribution in [0.4, 0.5) is 0 Å². The lowest BCUT2D eigenvalue weighted by Gasteiger charge is -2.51. The average Bonchev–Trinajstić information content (AvgIpc) is 3.71. The summed E-state index contributed by atoms with van der Waals surface area (Å²) in [5.74, 6) is -6.29. The Morgan fingerprint density at radius 3 is 2.49 bits per heavy atom. The van der Waals surface area contributed by atoms with Crippen molar-refractivity contribution in [3.63, 3.8) is 0 Å². The zero-order valence-electron chi connectivity index (χ0n) is 35.2. The minimum atomic E-state index is -2.66. The standard InChI is InChI=1S/C52H63NO8/c53-26-23-34-16-17-38(28-34)41(33-55)11-3-1-2-9-36-12-7-15-47(52(60,61)25-27-54)48(50(58)59)51(24-22-40-31-39-10-4-5-14-44(39)49(57)46(40)32-51)42-13-6-8-35(29-42)30-45(36)37-18-20-43(56)21-19-37/h4-8,10,13-15,18-21,27-29,31,33,36,38,40-41,45-48,56-57,60-61H,1-3,9,11-12,16-17,22-26,30,32,53H2,(H,58,59)/t36?,38-,40-,41-,45+,46+,47+,48-,51-/m1/s1. The number of hydrogen-bond donors (Lipinski definition) is 6. The molecule has 9 heteroatoms. The summed E-state index contributed by atoms with van der Waals surface area (Å²) >= 11 is 0. The SMILES string of the molecule is NCCC1=C[C@H]([C@@H](C=O)CCCCCC2CC=C[C@H](C(O)(O)CC=O)[C@H](C(=O)O)[C@@]3(CC[C@@H]4C=c5ccccc5=C(O)[C@H]4C3)c3cccc(c3)C[C@@H]2c2ccc(O)cc2)CC1. The molecule has 0 aromatic heterocycles. The van der Waals surface area contributed by atoms with Crippen LogP contribution in [0, 0.1) is 41.4 Å². The zero-order valence-corrected chi connectivity index (χ0v) is 35.2. The summed E-state index contributed by atoms with van der Waals surface area (Å²) < 4.78 is 0. The number of phenolic OH excluding ortho intramolecular Hbond substituents is 1. The van der Waals surface area contributed by atoms with Gasteiger partial charge in [0, 0.05) is 28.4 Å². The number of aliphatic hydroxyl groups is 3. The quantitative estimate of drug-likeness (QED) is 0.0402. The van der Waals surface area contributed by atoms with Crippen LogP contribution in [0.2, 0.25) is 0 Å². The van der Waals surface area contributed by atoms with Crippen LogP contribution in [0.15, 0.2) is 96.6 Å². The fraction of sp³-hybridized carbons (Fsp3) is 0.481. The van der Waals surface area contributed by atoms with Gasteiger partial charge in [0.05, 0.1) is 12.3 Å². The maximum Gasteiger partial charge on any atom is 0.308 e. The Kier molecular flexibility index (Phi) is 14.1. The topological polar surface area (TPSA) is 178 Å². The summed E-state index contributed by atoms with van der Waals surface area (Å²) in [6, 6.07) is 23.1. The highest BCUT2D eigenvalue weighted by molar-refractivity contribution is 5.74. The van der Waals surface area contributed by atoms with E-state index in [1.807, 2.05) is 54.6 Å². The Morgan fingerprint density at radius 2 is 1.74 bits per heavy atom. The molecule has 0 saturated heterocycles. The molecule has 4 aliphatic rings. The van der Waals surface area contributed by atoms with Crippen LogP contribution in [-0.2, 0) is 26.2 Å². The van der Waals surface area contributed by atoms with E-state index in [1.54, 1.807) is 18.2 Å². The maximum absolute atomic E-state index is 13.9. The van der Waals surface area contributed by atoms with E-state index in [1.165, 1.54) is 5.57 Å². The van der Waals surface area contributed by atoms with Gasteiger partial charge in [-0.15, -0.1) is 0 Å². The van der Waals surface area contributed by atoms with Crippen LogP contribution < -0.4 is 16.2 Å². The predicted octanol–water partition coefficient (Wildman–Crippen LogP) is 7.15. The van der Waals surface area contributed by atoms with Crippen LogP contribution in [0.3, 0.4) is 0 Å². The zero-order chi connectivity index (χ0) is 43.1. The fourth-order valence-corrected chi connectivity index (χ4v) is 11.6. The number of benzene rings is 3. The van der Waals surface area contributed by atoms with E-state index in [9.17, 15) is 39.9 Å². The molecule has 0 aliphatic heterocycles. The number of hydrogen-bond acceptors (Lipinski definition) is 8. The Hall–Kier alpha value is -4.83. The molecular weight excluding hydrogens is 767 g/mol. The molecule has 7 N–H and O–H groups in total. The largest absolute Gasteiger partial charge is 0.511 e. The number of nitrogens with two attached hydrogens (primary N) is 1. The molecule has 9 nitrogen and oxygen atoms in total. The first-order valence-corrected chi connectivity index (χ1v) is 22.5. The van der Waals surface area contributed by atoms with Gasteiger partial charge in [0.2, 0.25) is 0 Å². The lowest BCUT2D eigenvalue weighted by atomic mass is 9.52. The van der Waals surface area contributed by atoms with Crippen molar-refractivity contribution in [1.29, 1.82) is 0 Å². The lowest BCUT2D eigenvalue weighted by Crippen LogP contribution is -2.55. The van der Waals surface area contributed by atoms with Crippen LogP contribution in [-0.4, -0.2) is 56.4 Å². The molecule has 0 radical (unpaired) electrons. The molecule has 1 saturated carbocycles. The Morgan fingerprint density at radius 1 is 0.934 bits per heavy atom. The van der Waals surface area contributed by atoms with E-state index >= 15 is 0 Å². The number of carbonyl (C=O) groups is 3. The van der Waals surface area contributed by atoms with Crippen LogP contribution in [0.25, 0.3) is 11.8 Å². The Labute approximate surface area is 359 Å². The van der Waals surface area contributed by atoms with Crippen LogP contribution >= 0.6 is 0 Å². The Bertz CT molecular complexity index is 2210. The number of aliphatic carboxylic acids is 1. The molecule has 1 spiro atoms. The van der Waals surface area contributed by atoms with Crippen molar-refractivity contribution in [3.05, 3.63) is 124 Å². The maximum atomic E-state index is 13.9. The second kappa shape index (κ2) is 19.5. The number of carbonyl (C=O) groups excluding carboxylic acids is 2. The molecule has 1 fully saturated rings. The number of carboxylic acids is 1. The highest BCUT2D eigenvalue weighted by Crippen LogP contribution is 2.55. The molecule has 3 aromatic rings. The van der Waals surface area contributed by atoms with Gasteiger partial charge in [-0.25, -0.2) is 0 Å². The Balaban J connectivity index is 1.25. The minimum absolute atomic E-state index is 0.00235. The van der Waals surface area contributed by atoms with Crippen molar-refractivity contribution >= 4 is 30.4 Å². The average molecular weight is 830 g/mol.